The summed E-state index contributed by atoms with van der Waals surface area (Å²) in [7, 11) is 0. The minimum Gasteiger partial charge on any atom is -0.342 e. The number of nitrogens with one attached hydrogen (secondary N) is 2. The number of rotatable bonds is 9. The second-order valence-corrected chi connectivity index (χ2v) is 8.47. The topological polar surface area (TPSA) is 88.9 Å². The molecule has 1 heterocycles. The van der Waals surface area contributed by atoms with Gasteiger partial charge in [0.1, 0.15) is 0 Å². The van der Waals surface area contributed by atoms with E-state index in [9.17, 15) is 9.59 Å². The quantitative estimate of drug-likeness (QED) is 0.326. The van der Waals surface area contributed by atoms with E-state index in [0.29, 0.717) is 33.8 Å². The van der Waals surface area contributed by atoms with Gasteiger partial charge in [0.05, 0.1) is 27.5 Å². The molecule has 3 aromatic rings. The molecule has 0 radical (unpaired) electrons. The third kappa shape index (κ3) is 5.91. The lowest BCUT2D eigenvalue weighted by Gasteiger charge is -2.15. The van der Waals surface area contributed by atoms with Crippen LogP contribution in [-0.4, -0.2) is 32.3 Å². The number of benzene rings is 2. The van der Waals surface area contributed by atoms with Crippen LogP contribution in [-0.2, 0) is 11.3 Å². The number of aromatic nitrogens is 3. The molecule has 0 aliphatic carbocycles. The highest BCUT2D eigenvalue weighted by Gasteiger charge is 2.20. The maximum Gasteiger partial charge on any atom is 0.251 e. The van der Waals surface area contributed by atoms with Crippen LogP contribution in [0.4, 0.5) is 5.69 Å². The van der Waals surface area contributed by atoms with Crippen molar-refractivity contribution in [3.05, 3.63) is 82.6 Å². The molecular weight excluding hydrogens is 469 g/mol. The van der Waals surface area contributed by atoms with E-state index in [1.54, 1.807) is 48.5 Å². The van der Waals surface area contributed by atoms with E-state index in [2.05, 4.69) is 27.4 Å². The van der Waals surface area contributed by atoms with Crippen molar-refractivity contribution in [3.63, 3.8) is 0 Å². The number of halogens is 2. The van der Waals surface area contributed by atoms with E-state index in [0.717, 1.165) is 0 Å². The number of carbonyl (C=O) groups is 2. The van der Waals surface area contributed by atoms with Crippen molar-refractivity contribution in [2.75, 3.05) is 11.1 Å². The molecule has 0 saturated carbocycles. The van der Waals surface area contributed by atoms with E-state index in [1.807, 2.05) is 17.6 Å². The van der Waals surface area contributed by atoms with Crippen molar-refractivity contribution in [3.8, 4) is 0 Å². The van der Waals surface area contributed by atoms with Crippen LogP contribution in [0.5, 0.6) is 0 Å². The minimum atomic E-state index is -0.399. The molecule has 0 saturated heterocycles. The van der Waals surface area contributed by atoms with Crippen LogP contribution in [0.1, 0.15) is 29.1 Å². The van der Waals surface area contributed by atoms with E-state index >= 15 is 0 Å². The molecule has 3 rings (SSSR count). The largest absolute Gasteiger partial charge is 0.342 e. The summed E-state index contributed by atoms with van der Waals surface area (Å²) in [5.74, 6) is 0.176. The number of nitrogens with zero attached hydrogens (tertiary/aromatic N) is 3. The highest BCUT2D eigenvalue weighted by atomic mass is 35.5. The Kier molecular flexibility index (Phi) is 8.33. The summed E-state index contributed by atoms with van der Waals surface area (Å²) in [6, 6.07) is 13.5. The van der Waals surface area contributed by atoms with Crippen LogP contribution in [0.2, 0.25) is 10.0 Å². The smallest absolute Gasteiger partial charge is 0.251 e. The Morgan fingerprint density at radius 1 is 1.16 bits per heavy atom. The van der Waals surface area contributed by atoms with Crippen LogP contribution in [0.15, 0.2) is 66.3 Å². The number of allylic oxidation sites excluding steroid dienone is 1. The molecule has 0 unspecified atom stereocenters. The fourth-order valence-electron chi connectivity index (χ4n) is 2.88. The molecule has 0 aliphatic rings. The second-order valence-electron chi connectivity index (χ2n) is 6.74. The minimum absolute atomic E-state index is 0.0862. The van der Waals surface area contributed by atoms with Gasteiger partial charge in [0.15, 0.2) is 11.0 Å². The maximum absolute atomic E-state index is 12.5. The van der Waals surface area contributed by atoms with Crippen LogP contribution in [0.25, 0.3) is 0 Å². The summed E-state index contributed by atoms with van der Waals surface area (Å²) in [6.45, 7) is 6.03. The van der Waals surface area contributed by atoms with Crippen LogP contribution < -0.4 is 10.6 Å². The van der Waals surface area contributed by atoms with Crippen LogP contribution in [0.3, 0.4) is 0 Å². The van der Waals surface area contributed by atoms with Crippen molar-refractivity contribution in [1.29, 1.82) is 0 Å². The molecule has 10 heteroatoms. The standard InChI is InChI=1S/C22H21Cl2N5O2S/c1-3-12-29-20(14(2)25-21(31)15-8-5-4-6-9-15)27-28-22(29)32-13-18(30)26-17-11-7-10-16(23)19(17)24/h3-11,14H,1,12-13H2,2H3,(H,25,31)(H,26,30)/t14-/m1/s1. The first-order valence-electron chi connectivity index (χ1n) is 9.67. The SMILES string of the molecule is C=CCn1c(SCC(=O)Nc2cccc(Cl)c2Cl)nnc1[C@@H](C)NC(=O)c1ccccc1. The fourth-order valence-corrected chi connectivity index (χ4v) is 3.98. The Labute approximate surface area is 200 Å². The Bertz CT molecular complexity index is 1120. The molecule has 2 N–H and O–H groups in total. The molecular formula is C22H21Cl2N5O2S. The zero-order valence-electron chi connectivity index (χ0n) is 17.2. The Morgan fingerprint density at radius 3 is 2.62 bits per heavy atom. The van der Waals surface area contributed by atoms with Gasteiger partial charge < -0.3 is 15.2 Å². The molecule has 2 amide bonds. The van der Waals surface area contributed by atoms with Gasteiger partial charge in [-0.15, -0.1) is 16.8 Å². The van der Waals surface area contributed by atoms with E-state index in [4.69, 9.17) is 23.2 Å². The zero-order valence-corrected chi connectivity index (χ0v) is 19.5. The molecule has 32 heavy (non-hydrogen) atoms. The lowest BCUT2D eigenvalue weighted by atomic mass is 10.2. The van der Waals surface area contributed by atoms with Crippen molar-refractivity contribution < 1.29 is 9.59 Å². The van der Waals surface area contributed by atoms with Gasteiger partial charge in [-0.3, -0.25) is 9.59 Å². The van der Waals surface area contributed by atoms with Crippen LogP contribution >= 0.6 is 35.0 Å². The molecule has 0 bridgehead atoms. The zero-order chi connectivity index (χ0) is 23.1. The van der Waals surface area contributed by atoms with E-state index < -0.39 is 6.04 Å². The molecule has 0 fully saturated rings. The highest BCUT2D eigenvalue weighted by molar-refractivity contribution is 7.99. The first-order chi connectivity index (χ1) is 15.4. The molecule has 7 nitrogen and oxygen atoms in total. The second kappa shape index (κ2) is 11.2. The molecule has 0 aliphatic heterocycles. The van der Waals surface area contributed by atoms with Crippen LogP contribution in [0, 0.1) is 0 Å². The number of amides is 2. The van der Waals surface area contributed by atoms with Gasteiger partial charge in [-0.25, -0.2) is 0 Å². The van der Waals surface area contributed by atoms with E-state index in [-0.39, 0.29) is 22.6 Å². The van der Waals surface area contributed by atoms with Gasteiger partial charge >= 0.3 is 0 Å². The lowest BCUT2D eigenvalue weighted by Crippen LogP contribution is -2.28. The first kappa shape index (κ1) is 23.8. The fraction of sp³-hybridized carbons (Fsp3) is 0.182. The van der Waals surface area contributed by atoms with Crippen molar-refractivity contribution in [2.45, 2.75) is 24.7 Å². The van der Waals surface area contributed by atoms with Gasteiger partial charge in [-0.05, 0) is 31.2 Å². The van der Waals surface area contributed by atoms with Crippen molar-refractivity contribution >= 4 is 52.5 Å². The average Bonchev–Trinajstić information content (AvgIpc) is 3.19. The summed E-state index contributed by atoms with van der Waals surface area (Å²) >= 11 is 13.3. The first-order valence-corrected chi connectivity index (χ1v) is 11.4. The summed E-state index contributed by atoms with van der Waals surface area (Å²) in [4.78, 5) is 24.9. The van der Waals surface area contributed by atoms with Gasteiger partial charge in [0.2, 0.25) is 5.91 Å². The number of hydrogen-bond donors (Lipinski definition) is 2. The molecule has 1 atom stereocenters. The molecule has 0 spiro atoms. The van der Waals surface area contributed by atoms with Crippen molar-refractivity contribution in [2.24, 2.45) is 0 Å². The summed E-state index contributed by atoms with van der Waals surface area (Å²) in [6.07, 6.45) is 1.70. The highest BCUT2D eigenvalue weighted by Crippen LogP contribution is 2.30. The average molecular weight is 490 g/mol. The predicted molar refractivity (Wildman–Crippen MR) is 128 cm³/mol. The monoisotopic (exact) mass is 489 g/mol. The molecule has 166 valence electrons. The summed E-state index contributed by atoms with van der Waals surface area (Å²) in [5.41, 5.74) is 0.996. The molecule has 2 aromatic carbocycles. The van der Waals surface area contributed by atoms with Gasteiger partial charge in [0.25, 0.3) is 5.91 Å². The predicted octanol–water partition coefficient (Wildman–Crippen LogP) is 4.99. The molecule has 1 aromatic heterocycles. The van der Waals surface area contributed by atoms with Gasteiger partial charge in [0, 0.05) is 12.1 Å². The normalized spacial score (nSPS) is 11.6. The van der Waals surface area contributed by atoms with Gasteiger partial charge in [-0.1, -0.05) is 65.3 Å². The van der Waals surface area contributed by atoms with E-state index in [1.165, 1.54) is 11.8 Å². The Morgan fingerprint density at radius 2 is 1.91 bits per heavy atom. The summed E-state index contributed by atoms with van der Waals surface area (Å²) < 4.78 is 1.81. The number of thioether (sulfide) groups is 1. The Balaban J connectivity index is 1.67. The number of carbonyl (C=O) groups excluding carboxylic acids is 2. The number of hydrogen-bond acceptors (Lipinski definition) is 5. The number of anilines is 1. The maximum atomic E-state index is 12.5. The third-order valence-corrected chi connectivity index (χ3v) is 6.17. The Hall–Kier alpha value is -2.81. The van der Waals surface area contributed by atoms with Crippen molar-refractivity contribution in [1.82, 2.24) is 20.1 Å². The summed E-state index contributed by atoms with van der Waals surface area (Å²) in [5, 5.41) is 15.3. The van der Waals surface area contributed by atoms with Gasteiger partial charge in [-0.2, -0.15) is 0 Å². The third-order valence-electron chi connectivity index (χ3n) is 4.39. The lowest BCUT2D eigenvalue weighted by molar-refractivity contribution is -0.113.